The molecule has 2 aromatic rings. The number of nitrogens with zero attached hydrogens (tertiary/aromatic N) is 2. The summed E-state index contributed by atoms with van der Waals surface area (Å²) in [6, 6.07) is 5.99. The average Bonchev–Trinajstić information content (AvgIpc) is 3.00. The Balaban J connectivity index is 1.62. The molecule has 118 valence electrons. The first-order valence-corrected chi connectivity index (χ1v) is 7.78. The van der Waals surface area contributed by atoms with Gasteiger partial charge in [-0.25, -0.2) is 0 Å². The first-order valence-electron chi connectivity index (χ1n) is 6.90. The minimum atomic E-state index is -0.768. The number of nitrogens with one attached hydrogen (secondary N) is 3. The molecular weight excluding hydrogens is 318 g/mol. The maximum atomic E-state index is 12.2. The van der Waals surface area contributed by atoms with Crippen molar-refractivity contribution in [2.75, 3.05) is 10.6 Å². The van der Waals surface area contributed by atoms with Crippen LogP contribution in [-0.4, -0.2) is 34.0 Å². The molecule has 1 aromatic heterocycles. The van der Waals surface area contributed by atoms with Crippen LogP contribution in [0.5, 0.6) is 0 Å². The van der Waals surface area contributed by atoms with Crippen LogP contribution in [0.4, 0.5) is 10.8 Å². The number of para-hydroxylation sites is 1. The Labute approximate surface area is 135 Å². The zero-order chi connectivity index (χ0) is 16.2. The quantitative estimate of drug-likeness (QED) is 0.774. The van der Waals surface area contributed by atoms with Gasteiger partial charge in [0.15, 0.2) is 0 Å². The fourth-order valence-corrected chi connectivity index (χ4v) is 2.66. The topological polar surface area (TPSA) is 113 Å². The summed E-state index contributed by atoms with van der Waals surface area (Å²) < 4.78 is 0. The van der Waals surface area contributed by atoms with Crippen molar-refractivity contribution in [3.05, 3.63) is 35.3 Å². The SMILES string of the molecule is O=C(CC[C@@H]1NC(=O)c2ccccc2NC1=O)Nc1nncs1. The molecule has 0 spiro atoms. The molecule has 8 nitrogen and oxygen atoms in total. The van der Waals surface area contributed by atoms with E-state index in [2.05, 4.69) is 26.1 Å². The first kappa shape index (κ1) is 15.1. The van der Waals surface area contributed by atoms with Crippen molar-refractivity contribution in [2.45, 2.75) is 18.9 Å². The van der Waals surface area contributed by atoms with Crippen LogP contribution in [-0.2, 0) is 9.59 Å². The van der Waals surface area contributed by atoms with Crippen molar-refractivity contribution >= 4 is 39.9 Å². The lowest BCUT2D eigenvalue weighted by molar-refractivity contribution is -0.118. The summed E-state index contributed by atoms with van der Waals surface area (Å²) in [6.45, 7) is 0. The van der Waals surface area contributed by atoms with E-state index in [0.717, 1.165) is 0 Å². The highest BCUT2D eigenvalue weighted by Gasteiger charge is 2.27. The third kappa shape index (κ3) is 3.51. The van der Waals surface area contributed by atoms with Gasteiger partial charge in [0.2, 0.25) is 16.9 Å². The lowest BCUT2D eigenvalue weighted by atomic mass is 10.1. The normalized spacial score (nSPS) is 16.8. The molecule has 3 N–H and O–H groups in total. The van der Waals surface area contributed by atoms with E-state index in [9.17, 15) is 14.4 Å². The highest BCUT2D eigenvalue weighted by atomic mass is 32.1. The average molecular weight is 331 g/mol. The van der Waals surface area contributed by atoms with E-state index < -0.39 is 6.04 Å². The fourth-order valence-electron chi connectivity index (χ4n) is 2.20. The van der Waals surface area contributed by atoms with E-state index in [4.69, 9.17) is 0 Å². The number of aromatic nitrogens is 2. The Hall–Kier alpha value is -2.81. The van der Waals surface area contributed by atoms with Gasteiger partial charge in [-0.2, -0.15) is 0 Å². The maximum absolute atomic E-state index is 12.2. The summed E-state index contributed by atoms with van der Waals surface area (Å²) >= 11 is 1.21. The summed E-state index contributed by atoms with van der Waals surface area (Å²) in [6.07, 6.45) is 0.268. The molecule has 1 aliphatic heterocycles. The van der Waals surface area contributed by atoms with E-state index in [0.29, 0.717) is 16.4 Å². The predicted octanol–water partition coefficient (Wildman–Crippen LogP) is 1.01. The zero-order valence-electron chi connectivity index (χ0n) is 11.9. The summed E-state index contributed by atoms with van der Waals surface area (Å²) in [5.74, 6) is -0.967. The van der Waals surface area contributed by atoms with Gasteiger partial charge in [-0.15, -0.1) is 10.2 Å². The van der Waals surface area contributed by atoms with Gasteiger partial charge in [0, 0.05) is 6.42 Å². The number of hydrogen-bond acceptors (Lipinski definition) is 6. The van der Waals surface area contributed by atoms with Gasteiger partial charge in [0.1, 0.15) is 11.6 Å². The van der Waals surface area contributed by atoms with Crippen molar-refractivity contribution in [1.29, 1.82) is 0 Å². The van der Waals surface area contributed by atoms with Crippen LogP contribution in [0.3, 0.4) is 0 Å². The molecule has 0 fully saturated rings. The smallest absolute Gasteiger partial charge is 0.254 e. The van der Waals surface area contributed by atoms with Crippen LogP contribution in [0.25, 0.3) is 0 Å². The zero-order valence-corrected chi connectivity index (χ0v) is 12.7. The molecule has 0 bridgehead atoms. The third-order valence-corrected chi connectivity index (χ3v) is 3.92. The minimum Gasteiger partial charge on any atom is -0.340 e. The molecule has 23 heavy (non-hydrogen) atoms. The summed E-state index contributed by atoms with van der Waals surface area (Å²) in [4.78, 5) is 36.1. The van der Waals surface area contributed by atoms with E-state index in [1.807, 2.05) is 0 Å². The molecule has 0 aliphatic carbocycles. The number of rotatable bonds is 4. The van der Waals surface area contributed by atoms with E-state index in [1.54, 1.807) is 24.3 Å². The van der Waals surface area contributed by atoms with Crippen LogP contribution in [0.1, 0.15) is 23.2 Å². The lowest BCUT2D eigenvalue weighted by Gasteiger charge is -2.13. The molecule has 0 unspecified atom stereocenters. The Morgan fingerprint density at radius 1 is 1.30 bits per heavy atom. The highest BCUT2D eigenvalue weighted by molar-refractivity contribution is 7.13. The Kier molecular flexibility index (Phi) is 4.29. The second-order valence-electron chi connectivity index (χ2n) is 4.89. The second kappa shape index (κ2) is 6.53. The largest absolute Gasteiger partial charge is 0.340 e. The maximum Gasteiger partial charge on any atom is 0.254 e. The number of hydrogen-bond donors (Lipinski definition) is 3. The van der Waals surface area contributed by atoms with E-state index in [1.165, 1.54) is 16.8 Å². The Bertz CT molecular complexity index is 747. The molecular formula is C14H13N5O3S. The number of fused-ring (bicyclic) bond motifs is 1. The number of anilines is 2. The number of carbonyl (C=O) groups excluding carboxylic acids is 3. The van der Waals surface area contributed by atoms with Gasteiger partial charge in [-0.05, 0) is 18.6 Å². The number of carbonyl (C=O) groups is 3. The molecule has 2 heterocycles. The molecule has 3 rings (SSSR count). The summed E-state index contributed by atoms with van der Waals surface area (Å²) in [5.41, 5.74) is 2.38. The standard InChI is InChI=1S/C14H13N5O3S/c20-11(18-14-19-15-7-23-14)6-5-10-13(22)16-9-4-2-1-3-8(9)12(21)17-10/h1-4,7,10H,5-6H2,(H,16,22)(H,17,21)(H,18,19,20)/t10-/m0/s1. The van der Waals surface area contributed by atoms with Crippen molar-refractivity contribution in [2.24, 2.45) is 0 Å². The van der Waals surface area contributed by atoms with Crippen LogP contribution >= 0.6 is 11.3 Å². The summed E-state index contributed by atoms with van der Waals surface area (Å²) in [5, 5.41) is 15.6. The minimum absolute atomic E-state index is 0.0777. The number of benzene rings is 1. The van der Waals surface area contributed by atoms with Crippen LogP contribution in [0.2, 0.25) is 0 Å². The van der Waals surface area contributed by atoms with Crippen molar-refractivity contribution in [1.82, 2.24) is 15.5 Å². The van der Waals surface area contributed by atoms with Crippen LogP contribution in [0.15, 0.2) is 29.8 Å². The predicted molar refractivity (Wildman–Crippen MR) is 84.1 cm³/mol. The molecule has 9 heteroatoms. The molecule has 1 aromatic carbocycles. The summed E-state index contributed by atoms with van der Waals surface area (Å²) in [7, 11) is 0. The molecule has 1 atom stereocenters. The van der Waals surface area contributed by atoms with Crippen molar-refractivity contribution in [3.8, 4) is 0 Å². The van der Waals surface area contributed by atoms with Gasteiger partial charge >= 0.3 is 0 Å². The van der Waals surface area contributed by atoms with E-state index >= 15 is 0 Å². The molecule has 0 radical (unpaired) electrons. The lowest BCUT2D eigenvalue weighted by Crippen LogP contribution is -2.41. The van der Waals surface area contributed by atoms with Gasteiger partial charge in [-0.3, -0.25) is 14.4 Å². The molecule has 1 aliphatic rings. The molecule has 0 saturated carbocycles. The monoisotopic (exact) mass is 331 g/mol. The molecule has 0 saturated heterocycles. The Morgan fingerprint density at radius 3 is 2.91 bits per heavy atom. The third-order valence-electron chi connectivity index (χ3n) is 3.32. The van der Waals surface area contributed by atoms with Gasteiger partial charge in [0.05, 0.1) is 11.3 Å². The molecule has 3 amide bonds. The van der Waals surface area contributed by atoms with E-state index in [-0.39, 0.29) is 30.6 Å². The Morgan fingerprint density at radius 2 is 2.13 bits per heavy atom. The van der Waals surface area contributed by atoms with Gasteiger partial charge in [-0.1, -0.05) is 23.5 Å². The van der Waals surface area contributed by atoms with Gasteiger partial charge < -0.3 is 16.0 Å². The van der Waals surface area contributed by atoms with Crippen LogP contribution in [0, 0.1) is 0 Å². The highest BCUT2D eigenvalue weighted by Crippen LogP contribution is 2.19. The first-order chi connectivity index (χ1) is 11.1. The second-order valence-corrected chi connectivity index (χ2v) is 5.72. The van der Waals surface area contributed by atoms with Crippen molar-refractivity contribution < 1.29 is 14.4 Å². The van der Waals surface area contributed by atoms with Gasteiger partial charge in [0.25, 0.3) is 5.91 Å². The number of amides is 3. The fraction of sp³-hybridized carbons (Fsp3) is 0.214. The van der Waals surface area contributed by atoms with Crippen molar-refractivity contribution in [3.63, 3.8) is 0 Å². The van der Waals surface area contributed by atoms with Crippen LogP contribution < -0.4 is 16.0 Å².